The number of nitrogens with one attached hydrogen (secondary N) is 2. The van der Waals surface area contributed by atoms with Gasteiger partial charge in [0.25, 0.3) is 5.91 Å². The summed E-state index contributed by atoms with van der Waals surface area (Å²) in [5, 5.41) is 9.17. The zero-order valence-corrected chi connectivity index (χ0v) is 8.62. The molecule has 2 N–H and O–H groups in total. The SMILES string of the molecule is Cc1cc(NC(=O)c2ccc(F)cc2)n[nH]1. The maximum atomic E-state index is 12.6. The third-order valence-corrected chi connectivity index (χ3v) is 2.05. The molecule has 0 saturated heterocycles. The molecule has 0 aliphatic carbocycles. The van der Waals surface area contributed by atoms with Gasteiger partial charge in [0.15, 0.2) is 5.82 Å². The summed E-state index contributed by atoms with van der Waals surface area (Å²) < 4.78 is 12.6. The highest BCUT2D eigenvalue weighted by Crippen LogP contribution is 2.08. The van der Waals surface area contributed by atoms with Crippen LogP contribution in [0.5, 0.6) is 0 Å². The normalized spacial score (nSPS) is 10.1. The third-order valence-electron chi connectivity index (χ3n) is 2.05. The fourth-order valence-electron chi connectivity index (χ4n) is 1.27. The number of carbonyl (C=O) groups excluding carboxylic acids is 1. The molecule has 0 saturated carbocycles. The van der Waals surface area contributed by atoms with Gasteiger partial charge in [-0.25, -0.2) is 4.39 Å². The lowest BCUT2D eigenvalue weighted by molar-refractivity contribution is 0.102. The molecule has 0 atom stereocenters. The van der Waals surface area contributed by atoms with Crippen LogP contribution in [0, 0.1) is 12.7 Å². The molecule has 5 heteroatoms. The molecule has 2 aromatic rings. The molecule has 4 nitrogen and oxygen atoms in total. The van der Waals surface area contributed by atoms with Crippen molar-refractivity contribution in [3.63, 3.8) is 0 Å². The van der Waals surface area contributed by atoms with Crippen LogP contribution in [0.2, 0.25) is 0 Å². The maximum Gasteiger partial charge on any atom is 0.256 e. The summed E-state index contributed by atoms with van der Waals surface area (Å²) in [7, 11) is 0. The molecule has 0 aliphatic heterocycles. The van der Waals surface area contributed by atoms with Crippen LogP contribution < -0.4 is 5.32 Å². The van der Waals surface area contributed by atoms with Gasteiger partial charge in [0, 0.05) is 17.3 Å². The standard InChI is InChI=1S/C11H10FN3O/c1-7-6-10(15-14-7)13-11(16)8-2-4-9(12)5-3-8/h2-6H,1H3,(H2,13,14,15,16). The summed E-state index contributed by atoms with van der Waals surface area (Å²) in [4.78, 5) is 11.6. The Morgan fingerprint density at radius 2 is 2.06 bits per heavy atom. The van der Waals surface area contributed by atoms with Crippen molar-refractivity contribution in [2.24, 2.45) is 0 Å². The Morgan fingerprint density at radius 3 is 2.62 bits per heavy atom. The van der Waals surface area contributed by atoms with Gasteiger partial charge in [-0.3, -0.25) is 9.89 Å². The number of H-pyrrole nitrogens is 1. The van der Waals surface area contributed by atoms with E-state index in [4.69, 9.17) is 0 Å². The number of aromatic amines is 1. The molecule has 0 fully saturated rings. The van der Waals surface area contributed by atoms with Crippen LogP contribution in [-0.2, 0) is 0 Å². The van der Waals surface area contributed by atoms with Crippen LogP contribution in [0.15, 0.2) is 30.3 Å². The molecule has 0 bridgehead atoms. The van der Waals surface area contributed by atoms with Crippen LogP contribution in [0.4, 0.5) is 10.2 Å². The quantitative estimate of drug-likeness (QED) is 0.812. The van der Waals surface area contributed by atoms with Crippen molar-refractivity contribution in [2.75, 3.05) is 5.32 Å². The summed E-state index contributed by atoms with van der Waals surface area (Å²) >= 11 is 0. The number of aryl methyl sites for hydroxylation is 1. The summed E-state index contributed by atoms with van der Waals surface area (Å²) in [6.45, 7) is 1.83. The molecule has 0 unspecified atom stereocenters. The molecule has 1 aromatic carbocycles. The zero-order valence-electron chi connectivity index (χ0n) is 8.62. The molecule has 0 radical (unpaired) electrons. The van der Waals surface area contributed by atoms with Crippen molar-refractivity contribution in [1.29, 1.82) is 0 Å². The number of nitrogens with zero attached hydrogens (tertiary/aromatic N) is 1. The molecule has 0 aliphatic rings. The topological polar surface area (TPSA) is 57.8 Å². The number of hydrogen-bond donors (Lipinski definition) is 2. The fourth-order valence-corrected chi connectivity index (χ4v) is 1.27. The summed E-state index contributed by atoms with van der Waals surface area (Å²) in [6.07, 6.45) is 0. The predicted octanol–water partition coefficient (Wildman–Crippen LogP) is 2.11. The van der Waals surface area contributed by atoms with Gasteiger partial charge in [-0.05, 0) is 31.2 Å². The Labute approximate surface area is 91.5 Å². The number of rotatable bonds is 2. The van der Waals surface area contributed by atoms with E-state index < -0.39 is 0 Å². The number of carbonyl (C=O) groups is 1. The number of hydrogen-bond acceptors (Lipinski definition) is 2. The van der Waals surface area contributed by atoms with Gasteiger partial charge < -0.3 is 5.32 Å². The van der Waals surface area contributed by atoms with E-state index in [1.807, 2.05) is 6.92 Å². The second-order valence-electron chi connectivity index (χ2n) is 3.40. The van der Waals surface area contributed by atoms with Crippen molar-refractivity contribution < 1.29 is 9.18 Å². The first kappa shape index (κ1) is 10.4. The first-order valence-corrected chi connectivity index (χ1v) is 4.74. The Bertz CT molecular complexity index is 504. The van der Waals surface area contributed by atoms with Crippen molar-refractivity contribution in [1.82, 2.24) is 10.2 Å². The second-order valence-corrected chi connectivity index (χ2v) is 3.40. The van der Waals surface area contributed by atoms with E-state index >= 15 is 0 Å². The first-order valence-electron chi connectivity index (χ1n) is 4.74. The molecular formula is C11H10FN3O. The number of amides is 1. The van der Waals surface area contributed by atoms with Gasteiger partial charge in [-0.2, -0.15) is 5.10 Å². The average Bonchev–Trinajstić information content (AvgIpc) is 2.65. The number of halogens is 1. The van der Waals surface area contributed by atoms with Gasteiger partial charge in [-0.15, -0.1) is 0 Å². The van der Waals surface area contributed by atoms with Gasteiger partial charge in [0.05, 0.1) is 0 Å². The van der Waals surface area contributed by atoms with E-state index in [0.717, 1.165) is 5.69 Å². The van der Waals surface area contributed by atoms with Crippen LogP contribution in [0.3, 0.4) is 0 Å². The van der Waals surface area contributed by atoms with E-state index in [1.54, 1.807) is 6.07 Å². The monoisotopic (exact) mass is 219 g/mol. The number of anilines is 1. The second kappa shape index (κ2) is 4.14. The first-order chi connectivity index (χ1) is 7.65. The summed E-state index contributed by atoms with van der Waals surface area (Å²) in [5.41, 5.74) is 1.25. The number of aromatic nitrogens is 2. The van der Waals surface area contributed by atoms with Crippen molar-refractivity contribution in [2.45, 2.75) is 6.92 Å². The van der Waals surface area contributed by atoms with E-state index in [2.05, 4.69) is 15.5 Å². The van der Waals surface area contributed by atoms with Crippen molar-refractivity contribution >= 4 is 11.7 Å². The fraction of sp³-hybridized carbons (Fsp3) is 0.0909. The lowest BCUT2D eigenvalue weighted by Gasteiger charge is -2.00. The predicted molar refractivity (Wildman–Crippen MR) is 57.7 cm³/mol. The molecule has 0 spiro atoms. The molecular weight excluding hydrogens is 209 g/mol. The van der Waals surface area contributed by atoms with Crippen molar-refractivity contribution in [3.05, 3.63) is 47.4 Å². The van der Waals surface area contributed by atoms with Gasteiger partial charge in [0.2, 0.25) is 0 Å². The van der Waals surface area contributed by atoms with Gasteiger partial charge in [-0.1, -0.05) is 0 Å². The highest BCUT2D eigenvalue weighted by molar-refractivity contribution is 6.03. The Morgan fingerprint density at radius 1 is 1.38 bits per heavy atom. The van der Waals surface area contributed by atoms with Crippen LogP contribution in [0.1, 0.15) is 16.1 Å². The lowest BCUT2D eigenvalue weighted by Crippen LogP contribution is -2.12. The van der Waals surface area contributed by atoms with Gasteiger partial charge in [0.1, 0.15) is 5.82 Å². The highest BCUT2D eigenvalue weighted by Gasteiger charge is 2.07. The summed E-state index contributed by atoms with van der Waals surface area (Å²) in [6, 6.07) is 7.03. The molecule has 16 heavy (non-hydrogen) atoms. The highest BCUT2D eigenvalue weighted by atomic mass is 19.1. The average molecular weight is 219 g/mol. The molecule has 1 amide bonds. The Kier molecular flexibility index (Phi) is 2.68. The van der Waals surface area contributed by atoms with Crippen LogP contribution in [-0.4, -0.2) is 16.1 Å². The smallest absolute Gasteiger partial charge is 0.256 e. The lowest BCUT2D eigenvalue weighted by atomic mass is 10.2. The molecule has 1 aromatic heterocycles. The molecule has 1 heterocycles. The van der Waals surface area contributed by atoms with E-state index in [9.17, 15) is 9.18 Å². The molecule has 82 valence electrons. The van der Waals surface area contributed by atoms with Gasteiger partial charge >= 0.3 is 0 Å². The summed E-state index contributed by atoms with van der Waals surface area (Å²) in [5.74, 6) is -0.231. The molecule has 2 rings (SSSR count). The number of benzene rings is 1. The minimum Gasteiger partial charge on any atom is -0.305 e. The Hall–Kier alpha value is -2.17. The van der Waals surface area contributed by atoms with Crippen molar-refractivity contribution in [3.8, 4) is 0 Å². The van der Waals surface area contributed by atoms with Crippen LogP contribution >= 0.6 is 0 Å². The largest absolute Gasteiger partial charge is 0.305 e. The Balaban J connectivity index is 2.11. The van der Waals surface area contributed by atoms with E-state index in [1.165, 1.54) is 24.3 Å². The van der Waals surface area contributed by atoms with Crippen LogP contribution in [0.25, 0.3) is 0 Å². The third kappa shape index (κ3) is 2.25. The van der Waals surface area contributed by atoms with E-state index in [-0.39, 0.29) is 11.7 Å². The minimum absolute atomic E-state index is 0.313. The maximum absolute atomic E-state index is 12.6. The minimum atomic E-state index is -0.368. The zero-order chi connectivity index (χ0) is 11.5. The van der Waals surface area contributed by atoms with E-state index in [0.29, 0.717) is 11.4 Å².